The van der Waals surface area contributed by atoms with Crippen LogP contribution in [0, 0.1) is 12.7 Å². The molecule has 0 aliphatic carbocycles. The van der Waals surface area contributed by atoms with E-state index in [1.165, 1.54) is 6.07 Å². The monoisotopic (exact) mass is 370 g/mol. The minimum Gasteiger partial charge on any atom is -0.361 e. The SMILES string of the molecule is Cc1cc(C(=O)N2CCc3c(cccc3-c3cccc(Cl)c3F)C2)no1. The molecule has 4 nitrogen and oxygen atoms in total. The largest absolute Gasteiger partial charge is 0.361 e. The average Bonchev–Trinajstić information content (AvgIpc) is 3.09. The number of aromatic nitrogens is 1. The quantitative estimate of drug-likeness (QED) is 0.660. The van der Waals surface area contributed by atoms with Crippen LogP contribution in [0.4, 0.5) is 4.39 Å². The Labute approximate surface area is 155 Å². The van der Waals surface area contributed by atoms with Crippen LogP contribution in [-0.2, 0) is 13.0 Å². The molecular weight excluding hydrogens is 355 g/mol. The van der Waals surface area contributed by atoms with E-state index in [2.05, 4.69) is 5.16 Å². The van der Waals surface area contributed by atoms with E-state index in [1.54, 1.807) is 30.0 Å². The number of hydrogen-bond donors (Lipinski definition) is 0. The first kappa shape index (κ1) is 16.8. The maximum absolute atomic E-state index is 14.5. The van der Waals surface area contributed by atoms with Gasteiger partial charge in [0.25, 0.3) is 5.91 Å². The highest BCUT2D eigenvalue weighted by molar-refractivity contribution is 6.31. The highest BCUT2D eigenvalue weighted by Crippen LogP contribution is 2.34. The number of amides is 1. The Kier molecular flexibility index (Phi) is 4.24. The molecule has 0 saturated carbocycles. The highest BCUT2D eigenvalue weighted by atomic mass is 35.5. The maximum atomic E-state index is 14.5. The molecule has 0 atom stereocenters. The molecule has 0 radical (unpaired) electrons. The number of fused-ring (bicyclic) bond motifs is 1. The number of rotatable bonds is 2. The van der Waals surface area contributed by atoms with Crippen LogP contribution in [0.15, 0.2) is 47.0 Å². The Hall–Kier alpha value is -2.66. The number of aryl methyl sites for hydroxylation is 1. The van der Waals surface area contributed by atoms with E-state index in [0.717, 1.165) is 16.7 Å². The molecule has 1 aliphatic rings. The first-order chi connectivity index (χ1) is 12.5. The third-order valence-corrected chi connectivity index (χ3v) is 4.93. The fraction of sp³-hybridized carbons (Fsp3) is 0.200. The predicted molar refractivity (Wildman–Crippen MR) is 96.5 cm³/mol. The summed E-state index contributed by atoms with van der Waals surface area (Å²) in [6.07, 6.45) is 0.639. The molecule has 26 heavy (non-hydrogen) atoms. The Balaban J connectivity index is 1.67. The summed E-state index contributed by atoms with van der Waals surface area (Å²) >= 11 is 5.94. The van der Waals surface area contributed by atoms with Crippen LogP contribution in [0.5, 0.6) is 0 Å². The maximum Gasteiger partial charge on any atom is 0.276 e. The third-order valence-electron chi connectivity index (χ3n) is 4.64. The average molecular weight is 371 g/mol. The van der Waals surface area contributed by atoms with Gasteiger partial charge in [0.2, 0.25) is 0 Å². The van der Waals surface area contributed by atoms with Gasteiger partial charge in [-0.25, -0.2) is 4.39 Å². The van der Waals surface area contributed by atoms with Gasteiger partial charge in [-0.3, -0.25) is 4.79 Å². The van der Waals surface area contributed by atoms with Crippen LogP contribution >= 0.6 is 11.6 Å². The third kappa shape index (κ3) is 2.88. The second-order valence-electron chi connectivity index (χ2n) is 6.34. The van der Waals surface area contributed by atoms with Crippen molar-refractivity contribution in [3.63, 3.8) is 0 Å². The molecular formula is C20H16ClFN2O2. The van der Waals surface area contributed by atoms with Crippen LogP contribution in [-0.4, -0.2) is 22.5 Å². The normalized spacial score (nSPS) is 13.6. The number of carbonyl (C=O) groups excluding carboxylic acids is 1. The lowest BCUT2D eigenvalue weighted by molar-refractivity contribution is 0.0724. The molecule has 132 valence electrons. The standard InChI is InChI=1S/C20H16ClFN2O2/c1-12-10-18(23-26-12)20(25)24-9-8-14-13(11-24)4-2-5-15(14)16-6-3-7-17(21)19(16)22/h2-7,10H,8-9,11H2,1H3. The fourth-order valence-corrected chi connectivity index (χ4v) is 3.55. The molecule has 6 heteroatoms. The molecule has 1 aliphatic heterocycles. The predicted octanol–water partition coefficient (Wildman–Crippen LogP) is 4.64. The number of halogens is 2. The summed E-state index contributed by atoms with van der Waals surface area (Å²) in [5, 5.41) is 3.91. The second-order valence-corrected chi connectivity index (χ2v) is 6.75. The van der Waals surface area contributed by atoms with Gasteiger partial charge in [-0.2, -0.15) is 0 Å². The Morgan fingerprint density at radius 3 is 2.77 bits per heavy atom. The van der Waals surface area contributed by atoms with E-state index in [9.17, 15) is 9.18 Å². The topological polar surface area (TPSA) is 46.3 Å². The molecule has 0 unspecified atom stereocenters. The lowest BCUT2D eigenvalue weighted by Crippen LogP contribution is -2.36. The van der Waals surface area contributed by atoms with E-state index in [4.69, 9.17) is 16.1 Å². The van der Waals surface area contributed by atoms with Crippen molar-refractivity contribution in [2.75, 3.05) is 6.54 Å². The van der Waals surface area contributed by atoms with E-state index in [0.29, 0.717) is 36.5 Å². The van der Waals surface area contributed by atoms with Crippen molar-refractivity contribution >= 4 is 17.5 Å². The highest BCUT2D eigenvalue weighted by Gasteiger charge is 2.26. The van der Waals surface area contributed by atoms with Gasteiger partial charge < -0.3 is 9.42 Å². The summed E-state index contributed by atoms with van der Waals surface area (Å²) in [6.45, 7) is 2.74. The van der Waals surface area contributed by atoms with Crippen LogP contribution in [0.3, 0.4) is 0 Å². The summed E-state index contributed by atoms with van der Waals surface area (Å²) in [7, 11) is 0. The van der Waals surface area contributed by atoms with Crippen molar-refractivity contribution in [3.05, 3.63) is 75.9 Å². The lowest BCUT2D eigenvalue weighted by atomic mass is 9.90. The zero-order chi connectivity index (χ0) is 18.3. The van der Waals surface area contributed by atoms with Crippen molar-refractivity contribution in [2.45, 2.75) is 19.9 Å². The first-order valence-electron chi connectivity index (χ1n) is 8.32. The lowest BCUT2D eigenvalue weighted by Gasteiger charge is -2.29. The molecule has 1 aromatic heterocycles. The molecule has 2 aromatic carbocycles. The zero-order valence-corrected chi connectivity index (χ0v) is 14.9. The van der Waals surface area contributed by atoms with Crippen molar-refractivity contribution in [3.8, 4) is 11.1 Å². The molecule has 3 aromatic rings. The van der Waals surface area contributed by atoms with Gasteiger partial charge in [0.15, 0.2) is 5.69 Å². The Bertz CT molecular complexity index is 999. The molecule has 0 spiro atoms. The summed E-state index contributed by atoms with van der Waals surface area (Å²) in [4.78, 5) is 14.3. The molecule has 0 fully saturated rings. The smallest absolute Gasteiger partial charge is 0.276 e. The van der Waals surface area contributed by atoms with Gasteiger partial charge in [-0.05, 0) is 36.1 Å². The van der Waals surface area contributed by atoms with Crippen molar-refractivity contribution < 1.29 is 13.7 Å². The summed E-state index contributed by atoms with van der Waals surface area (Å²) in [5.74, 6) is 0.0236. The number of hydrogen-bond acceptors (Lipinski definition) is 3. The molecule has 0 bridgehead atoms. The van der Waals surface area contributed by atoms with Crippen LogP contribution in [0.1, 0.15) is 27.4 Å². The van der Waals surface area contributed by atoms with Gasteiger partial charge in [-0.15, -0.1) is 0 Å². The van der Waals surface area contributed by atoms with Crippen LogP contribution in [0.2, 0.25) is 5.02 Å². The number of nitrogens with zero attached hydrogens (tertiary/aromatic N) is 2. The number of benzene rings is 2. The van der Waals surface area contributed by atoms with E-state index < -0.39 is 5.82 Å². The van der Waals surface area contributed by atoms with Gasteiger partial charge >= 0.3 is 0 Å². The minimum atomic E-state index is -0.417. The molecule has 0 saturated heterocycles. The van der Waals surface area contributed by atoms with Crippen LogP contribution < -0.4 is 0 Å². The fourth-order valence-electron chi connectivity index (χ4n) is 3.38. The van der Waals surface area contributed by atoms with Crippen molar-refractivity contribution in [2.24, 2.45) is 0 Å². The van der Waals surface area contributed by atoms with Crippen molar-refractivity contribution in [1.82, 2.24) is 10.1 Å². The van der Waals surface area contributed by atoms with Gasteiger partial charge in [0, 0.05) is 24.7 Å². The summed E-state index contributed by atoms with van der Waals surface area (Å²) in [5.41, 5.74) is 3.67. The second kappa shape index (κ2) is 6.57. The molecule has 1 amide bonds. The summed E-state index contributed by atoms with van der Waals surface area (Å²) in [6, 6.07) is 12.4. The van der Waals surface area contributed by atoms with Crippen LogP contribution in [0.25, 0.3) is 11.1 Å². The minimum absolute atomic E-state index is 0.106. The molecule has 0 N–H and O–H groups in total. The molecule has 2 heterocycles. The number of carbonyl (C=O) groups is 1. The summed E-state index contributed by atoms with van der Waals surface area (Å²) < 4.78 is 19.5. The van der Waals surface area contributed by atoms with E-state index in [1.807, 2.05) is 18.2 Å². The van der Waals surface area contributed by atoms with E-state index >= 15 is 0 Å². The van der Waals surface area contributed by atoms with Gasteiger partial charge in [0.05, 0.1) is 5.02 Å². The Morgan fingerprint density at radius 1 is 1.23 bits per heavy atom. The van der Waals surface area contributed by atoms with E-state index in [-0.39, 0.29) is 10.9 Å². The van der Waals surface area contributed by atoms with Crippen molar-refractivity contribution in [1.29, 1.82) is 0 Å². The van der Waals surface area contributed by atoms with Gasteiger partial charge in [-0.1, -0.05) is 47.1 Å². The molecule has 4 rings (SSSR count). The zero-order valence-electron chi connectivity index (χ0n) is 14.1. The first-order valence-corrected chi connectivity index (χ1v) is 8.70. The Morgan fingerprint density at radius 2 is 2.00 bits per heavy atom. The van der Waals surface area contributed by atoms with Gasteiger partial charge in [0.1, 0.15) is 11.6 Å².